The molecule has 0 amide bonds. The Balaban J connectivity index is 2.69. The second-order valence-electron chi connectivity index (χ2n) is 5.24. The van der Waals surface area contributed by atoms with Crippen molar-refractivity contribution in [3.63, 3.8) is 0 Å². The number of hydrogen-bond donors (Lipinski definition) is 0. The van der Waals surface area contributed by atoms with Crippen LogP contribution >= 0.6 is 0 Å². The van der Waals surface area contributed by atoms with Crippen molar-refractivity contribution in [2.45, 2.75) is 58.1 Å². The second kappa shape index (κ2) is 5.26. The Morgan fingerprint density at radius 2 is 1.94 bits per heavy atom. The highest BCUT2D eigenvalue weighted by molar-refractivity contribution is 5.77. The van der Waals surface area contributed by atoms with Gasteiger partial charge in [-0.1, -0.05) is 12.8 Å². The fraction of sp³-hybridized carbons (Fsp3) is 0.833. The molecule has 0 radical (unpaired) electrons. The van der Waals surface area contributed by atoms with Gasteiger partial charge in [-0.2, -0.15) is 4.99 Å². The summed E-state index contributed by atoms with van der Waals surface area (Å²) in [5, 5.41) is 0. The summed E-state index contributed by atoms with van der Waals surface area (Å²) in [6, 6.07) is -0.653. The van der Waals surface area contributed by atoms with E-state index in [4.69, 9.17) is 4.74 Å². The van der Waals surface area contributed by atoms with Crippen molar-refractivity contribution in [2.24, 2.45) is 10.9 Å². The van der Waals surface area contributed by atoms with Crippen LogP contribution in [-0.4, -0.2) is 23.7 Å². The summed E-state index contributed by atoms with van der Waals surface area (Å²) >= 11 is 0. The lowest BCUT2D eigenvalue weighted by atomic mass is 9.98. The smallest absolute Gasteiger partial charge is 0.332 e. The molecule has 1 aliphatic carbocycles. The molecule has 1 atom stereocenters. The number of carbonyl (C=O) groups excluding carboxylic acids is 2. The van der Waals surface area contributed by atoms with Crippen molar-refractivity contribution in [1.82, 2.24) is 0 Å². The highest BCUT2D eigenvalue weighted by atomic mass is 16.6. The first-order chi connectivity index (χ1) is 7.44. The Morgan fingerprint density at radius 1 is 1.38 bits per heavy atom. The number of esters is 1. The minimum atomic E-state index is -0.653. The molecule has 0 N–H and O–H groups in total. The lowest BCUT2D eigenvalue weighted by Gasteiger charge is -2.24. The van der Waals surface area contributed by atoms with Gasteiger partial charge in [-0.15, -0.1) is 0 Å². The molecule has 1 saturated carbocycles. The fourth-order valence-corrected chi connectivity index (χ4v) is 2.04. The summed E-state index contributed by atoms with van der Waals surface area (Å²) in [4.78, 5) is 25.8. The normalized spacial score (nSPS) is 18.9. The van der Waals surface area contributed by atoms with Gasteiger partial charge in [-0.05, 0) is 39.5 Å². The van der Waals surface area contributed by atoms with E-state index < -0.39 is 17.6 Å². The van der Waals surface area contributed by atoms with Crippen molar-refractivity contribution < 1.29 is 14.3 Å². The third-order valence-corrected chi connectivity index (χ3v) is 2.69. The molecule has 1 rings (SSSR count). The Labute approximate surface area is 96.1 Å². The maximum absolute atomic E-state index is 11.8. The number of rotatable bonds is 3. The third kappa shape index (κ3) is 3.78. The fourth-order valence-electron chi connectivity index (χ4n) is 2.04. The maximum Gasteiger partial charge on any atom is 0.332 e. The summed E-state index contributed by atoms with van der Waals surface area (Å²) in [6.07, 6.45) is 5.56. The monoisotopic (exact) mass is 225 g/mol. The van der Waals surface area contributed by atoms with E-state index in [0.717, 1.165) is 25.7 Å². The second-order valence-corrected chi connectivity index (χ2v) is 5.24. The Kier molecular flexibility index (Phi) is 4.25. The highest BCUT2D eigenvalue weighted by Gasteiger charge is 2.33. The minimum absolute atomic E-state index is 0.149. The zero-order valence-electron chi connectivity index (χ0n) is 10.2. The van der Waals surface area contributed by atoms with E-state index >= 15 is 0 Å². The zero-order chi connectivity index (χ0) is 12.2. The van der Waals surface area contributed by atoms with Gasteiger partial charge >= 0.3 is 5.97 Å². The molecule has 0 aromatic rings. The summed E-state index contributed by atoms with van der Waals surface area (Å²) in [5.74, 6) is -0.251. The molecule has 4 heteroatoms. The number of isocyanates is 1. The van der Waals surface area contributed by atoms with Crippen molar-refractivity contribution in [3.8, 4) is 0 Å². The number of nitrogens with zero attached hydrogens (tertiary/aromatic N) is 1. The van der Waals surface area contributed by atoms with Crippen molar-refractivity contribution in [2.75, 3.05) is 0 Å². The van der Waals surface area contributed by atoms with Crippen LogP contribution in [0.25, 0.3) is 0 Å². The summed E-state index contributed by atoms with van der Waals surface area (Å²) in [7, 11) is 0. The third-order valence-electron chi connectivity index (χ3n) is 2.69. The van der Waals surface area contributed by atoms with Crippen LogP contribution in [-0.2, 0) is 14.3 Å². The van der Waals surface area contributed by atoms with Gasteiger partial charge < -0.3 is 4.74 Å². The van der Waals surface area contributed by atoms with Crippen LogP contribution in [0.1, 0.15) is 46.5 Å². The molecule has 4 nitrogen and oxygen atoms in total. The molecule has 1 aliphatic rings. The topological polar surface area (TPSA) is 55.7 Å². The number of hydrogen-bond acceptors (Lipinski definition) is 4. The van der Waals surface area contributed by atoms with Crippen LogP contribution < -0.4 is 0 Å². The SMILES string of the molecule is CC(C)(C)OC(=O)C(N=C=O)C1CCCC1. The predicted molar refractivity (Wildman–Crippen MR) is 59.7 cm³/mol. The van der Waals surface area contributed by atoms with Crippen LogP contribution in [0.3, 0.4) is 0 Å². The van der Waals surface area contributed by atoms with Gasteiger partial charge in [-0.25, -0.2) is 9.59 Å². The average molecular weight is 225 g/mol. The van der Waals surface area contributed by atoms with Gasteiger partial charge in [0, 0.05) is 0 Å². The Hall–Kier alpha value is -1.15. The molecule has 0 bridgehead atoms. The van der Waals surface area contributed by atoms with Gasteiger partial charge in [0.2, 0.25) is 6.08 Å². The molecular formula is C12H19NO3. The summed E-state index contributed by atoms with van der Waals surface area (Å²) in [5.41, 5.74) is -0.535. The van der Waals surface area contributed by atoms with E-state index in [1.807, 2.05) is 0 Å². The quantitative estimate of drug-likeness (QED) is 0.420. The molecule has 0 heterocycles. The molecule has 0 saturated heterocycles. The van der Waals surface area contributed by atoms with Gasteiger partial charge in [0.05, 0.1) is 0 Å². The first-order valence-electron chi connectivity index (χ1n) is 5.74. The molecule has 0 spiro atoms. The van der Waals surface area contributed by atoms with E-state index in [2.05, 4.69) is 4.99 Å². The van der Waals surface area contributed by atoms with Gasteiger partial charge in [0.1, 0.15) is 5.60 Å². The van der Waals surface area contributed by atoms with Gasteiger partial charge in [0.25, 0.3) is 0 Å². The van der Waals surface area contributed by atoms with Crippen molar-refractivity contribution in [3.05, 3.63) is 0 Å². The van der Waals surface area contributed by atoms with Gasteiger partial charge in [0.15, 0.2) is 6.04 Å². The van der Waals surface area contributed by atoms with Crippen LogP contribution in [0.15, 0.2) is 4.99 Å². The van der Waals surface area contributed by atoms with Crippen LogP contribution in [0.5, 0.6) is 0 Å². The van der Waals surface area contributed by atoms with Crippen LogP contribution in [0, 0.1) is 5.92 Å². The van der Waals surface area contributed by atoms with E-state index in [0.29, 0.717) is 0 Å². The lowest BCUT2D eigenvalue weighted by molar-refractivity contribution is -0.157. The predicted octanol–water partition coefficient (Wildman–Crippen LogP) is 2.22. The van der Waals surface area contributed by atoms with Gasteiger partial charge in [-0.3, -0.25) is 0 Å². The van der Waals surface area contributed by atoms with E-state index in [9.17, 15) is 9.59 Å². The first-order valence-corrected chi connectivity index (χ1v) is 5.74. The molecule has 90 valence electrons. The van der Waals surface area contributed by atoms with E-state index in [1.165, 1.54) is 6.08 Å². The lowest BCUT2D eigenvalue weighted by Crippen LogP contribution is -2.34. The van der Waals surface area contributed by atoms with Crippen molar-refractivity contribution in [1.29, 1.82) is 0 Å². The first kappa shape index (κ1) is 12.9. The number of ether oxygens (including phenoxy) is 1. The number of aliphatic imine (C=N–C) groups is 1. The molecule has 0 aliphatic heterocycles. The Bertz CT molecular complexity index is 294. The zero-order valence-corrected chi connectivity index (χ0v) is 10.2. The van der Waals surface area contributed by atoms with Crippen molar-refractivity contribution >= 4 is 12.0 Å². The average Bonchev–Trinajstić information content (AvgIpc) is 2.63. The molecule has 0 aromatic carbocycles. The molecule has 1 unspecified atom stereocenters. The molecule has 16 heavy (non-hydrogen) atoms. The largest absolute Gasteiger partial charge is 0.458 e. The molecule has 0 aromatic heterocycles. The Morgan fingerprint density at radius 3 is 2.38 bits per heavy atom. The number of carbonyl (C=O) groups is 1. The summed E-state index contributed by atoms with van der Waals surface area (Å²) in [6.45, 7) is 5.42. The maximum atomic E-state index is 11.8. The van der Waals surface area contributed by atoms with E-state index in [-0.39, 0.29) is 5.92 Å². The van der Waals surface area contributed by atoms with E-state index in [1.54, 1.807) is 20.8 Å². The molecular weight excluding hydrogens is 206 g/mol. The summed E-state index contributed by atoms with van der Waals surface area (Å²) < 4.78 is 5.25. The highest BCUT2D eigenvalue weighted by Crippen LogP contribution is 2.30. The standard InChI is InChI=1S/C12H19NO3/c1-12(2,3)16-11(15)10(13-8-14)9-6-4-5-7-9/h9-10H,4-7H2,1-3H3. The van der Waals surface area contributed by atoms with Crippen LogP contribution in [0.4, 0.5) is 0 Å². The minimum Gasteiger partial charge on any atom is -0.458 e. The van der Waals surface area contributed by atoms with Crippen LogP contribution in [0.2, 0.25) is 0 Å². The molecule has 1 fully saturated rings.